The van der Waals surface area contributed by atoms with E-state index in [1.807, 2.05) is 30.3 Å². The fourth-order valence-corrected chi connectivity index (χ4v) is 7.97. The van der Waals surface area contributed by atoms with Gasteiger partial charge in [-0.05, 0) is 80.6 Å². The van der Waals surface area contributed by atoms with E-state index < -0.39 is 5.97 Å². The zero-order chi connectivity index (χ0) is 23.1. The largest absolute Gasteiger partial charge is 0.476 e. The fourth-order valence-electron chi connectivity index (χ4n) is 7.97. The van der Waals surface area contributed by atoms with E-state index in [9.17, 15) is 9.90 Å². The summed E-state index contributed by atoms with van der Waals surface area (Å²) in [5.41, 5.74) is 1.90. The first-order valence-corrected chi connectivity index (χ1v) is 13.4. The van der Waals surface area contributed by atoms with Gasteiger partial charge in [0.05, 0.1) is 17.9 Å². The molecule has 1 aromatic rings. The van der Waals surface area contributed by atoms with Crippen LogP contribution in [0.25, 0.3) is 0 Å². The van der Waals surface area contributed by atoms with Crippen molar-refractivity contribution in [3.05, 3.63) is 47.3 Å². The highest BCUT2D eigenvalue weighted by molar-refractivity contribution is 5.87. The molecule has 4 bridgehead atoms. The molecule has 6 aliphatic rings. The van der Waals surface area contributed by atoms with Gasteiger partial charge >= 0.3 is 5.97 Å². The van der Waals surface area contributed by atoms with Gasteiger partial charge in [-0.3, -0.25) is 4.84 Å². The molecule has 0 saturated heterocycles. The standard InChI is InChI=1S/C28H38N2O4/c31-27(32)25-24(18-33-28-14-20-11-21(15-28)13-22(12-20)16-28)29-26(23-9-5-2-6-10-23)30(25)34-17-19-7-3-1-4-8-19/h1,3-4,7-8,20-23,26,29H,2,5-6,9-18H2,(H,31,32). The first-order valence-electron chi connectivity index (χ1n) is 13.4. The Balaban J connectivity index is 1.22. The number of hydroxylamine groups is 2. The molecule has 1 atom stereocenters. The smallest absolute Gasteiger partial charge is 0.356 e. The summed E-state index contributed by atoms with van der Waals surface area (Å²) in [6.07, 6.45) is 13.2. The second-order valence-electron chi connectivity index (χ2n) is 11.6. The number of hydrogen-bond donors (Lipinski definition) is 2. The van der Waals surface area contributed by atoms with Crippen molar-refractivity contribution >= 4 is 5.97 Å². The summed E-state index contributed by atoms with van der Waals surface area (Å²) < 4.78 is 6.69. The van der Waals surface area contributed by atoms with Crippen LogP contribution in [0.2, 0.25) is 0 Å². The summed E-state index contributed by atoms with van der Waals surface area (Å²) in [5, 5.41) is 15.5. The van der Waals surface area contributed by atoms with E-state index in [1.165, 1.54) is 38.5 Å². The molecule has 0 radical (unpaired) electrons. The summed E-state index contributed by atoms with van der Waals surface area (Å²) in [6, 6.07) is 9.98. The van der Waals surface area contributed by atoms with Crippen LogP contribution in [0.3, 0.4) is 0 Å². The normalized spacial score (nSPS) is 35.1. The van der Waals surface area contributed by atoms with Crippen molar-refractivity contribution in [2.75, 3.05) is 6.61 Å². The lowest BCUT2D eigenvalue weighted by Crippen LogP contribution is -2.52. The Labute approximate surface area is 202 Å². The number of nitrogens with zero attached hydrogens (tertiary/aromatic N) is 1. The maximum atomic E-state index is 12.5. The molecule has 0 amide bonds. The first kappa shape index (κ1) is 22.4. The Kier molecular flexibility index (Phi) is 6.06. The average molecular weight is 467 g/mol. The van der Waals surface area contributed by atoms with Crippen molar-refractivity contribution in [1.29, 1.82) is 0 Å². The molecular formula is C28H38N2O4. The van der Waals surface area contributed by atoms with Crippen molar-refractivity contribution in [3.8, 4) is 0 Å². The van der Waals surface area contributed by atoms with Crippen LogP contribution < -0.4 is 5.32 Å². The van der Waals surface area contributed by atoms with Crippen LogP contribution in [0.5, 0.6) is 0 Å². The topological polar surface area (TPSA) is 71.0 Å². The monoisotopic (exact) mass is 466 g/mol. The third-order valence-electron chi connectivity index (χ3n) is 9.10. The van der Waals surface area contributed by atoms with Crippen LogP contribution in [0, 0.1) is 23.7 Å². The maximum Gasteiger partial charge on any atom is 0.356 e. The van der Waals surface area contributed by atoms with Crippen molar-refractivity contribution in [2.45, 2.75) is 89.0 Å². The van der Waals surface area contributed by atoms with Crippen molar-refractivity contribution in [2.24, 2.45) is 23.7 Å². The zero-order valence-electron chi connectivity index (χ0n) is 20.1. The SMILES string of the molecule is O=C(O)C1=C(COC23CC4CC(CC(C4)C2)C3)NC(C2CCCCC2)N1OCc1ccccc1. The van der Waals surface area contributed by atoms with Gasteiger partial charge in [-0.15, -0.1) is 0 Å². The average Bonchev–Trinajstić information content (AvgIpc) is 3.21. The van der Waals surface area contributed by atoms with Gasteiger partial charge in [0.25, 0.3) is 0 Å². The number of nitrogens with one attached hydrogen (secondary N) is 1. The van der Waals surface area contributed by atoms with Crippen LogP contribution in [-0.4, -0.2) is 34.5 Å². The number of hydrogen-bond acceptors (Lipinski definition) is 5. The lowest BCUT2D eigenvalue weighted by molar-refractivity contribution is -0.187. The van der Waals surface area contributed by atoms with E-state index in [0.717, 1.165) is 55.4 Å². The van der Waals surface area contributed by atoms with Gasteiger partial charge < -0.3 is 15.2 Å². The highest BCUT2D eigenvalue weighted by atomic mass is 16.7. The first-order chi connectivity index (χ1) is 16.6. The minimum absolute atomic E-state index is 0.0499. The Morgan fingerprint density at radius 2 is 1.62 bits per heavy atom. The van der Waals surface area contributed by atoms with E-state index in [0.29, 0.717) is 24.8 Å². The second kappa shape index (κ2) is 9.19. The number of aliphatic carboxylic acids is 1. The molecule has 34 heavy (non-hydrogen) atoms. The van der Waals surface area contributed by atoms with Crippen LogP contribution in [0.15, 0.2) is 41.7 Å². The van der Waals surface area contributed by atoms with Crippen molar-refractivity contribution in [3.63, 3.8) is 0 Å². The van der Waals surface area contributed by atoms with E-state index in [-0.39, 0.29) is 17.5 Å². The molecule has 1 aliphatic heterocycles. The zero-order valence-corrected chi connectivity index (χ0v) is 20.1. The lowest BCUT2D eigenvalue weighted by atomic mass is 9.54. The van der Waals surface area contributed by atoms with E-state index >= 15 is 0 Å². The Morgan fingerprint density at radius 1 is 0.971 bits per heavy atom. The Hall–Kier alpha value is -2.05. The third-order valence-corrected chi connectivity index (χ3v) is 9.10. The number of carboxylic acids is 1. The molecule has 5 fully saturated rings. The van der Waals surface area contributed by atoms with Gasteiger partial charge in [-0.1, -0.05) is 49.6 Å². The number of ether oxygens (including phenoxy) is 1. The third kappa shape index (κ3) is 4.35. The minimum Gasteiger partial charge on any atom is -0.476 e. The lowest BCUT2D eigenvalue weighted by Gasteiger charge is -2.56. The molecule has 184 valence electrons. The van der Waals surface area contributed by atoms with E-state index in [1.54, 1.807) is 5.06 Å². The molecule has 1 heterocycles. The van der Waals surface area contributed by atoms with Crippen LogP contribution >= 0.6 is 0 Å². The molecule has 6 heteroatoms. The highest BCUT2D eigenvalue weighted by Crippen LogP contribution is 2.57. The summed E-state index contributed by atoms with van der Waals surface area (Å²) in [5.74, 6) is 1.84. The predicted molar refractivity (Wildman–Crippen MR) is 128 cm³/mol. The van der Waals surface area contributed by atoms with Gasteiger partial charge in [-0.25, -0.2) is 9.86 Å². The van der Waals surface area contributed by atoms with Crippen molar-refractivity contribution in [1.82, 2.24) is 10.4 Å². The Bertz CT molecular complexity index is 888. The van der Waals surface area contributed by atoms with Gasteiger partial charge in [0.2, 0.25) is 0 Å². The predicted octanol–water partition coefficient (Wildman–Crippen LogP) is 5.21. The second-order valence-corrected chi connectivity index (χ2v) is 11.6. The Morgan fingerprint density at radius 3 is 2.24 bits per heavy atom. The number of benzene rings is 1. The number of rotatable bonds is 8. The van der Waals surface area contributed by atoms with Crippen LogP contribution in [-0.2, 0) is 21.0 Å². The van der Waals surface area contributed by atoms with E-state index in [4.69, 9.17) is 9.57 Å². The summed E-state index contributed by atoms with van der Waals surface area (Å²) in [6.45, 7) is 0.688. The molecule has 6 nitrogen and oxygen atoms in total. The molecular weight excluding hydrogens is 428 g/mol. The molecule has 0 spiro atoms. The highest BCUT2D eigenvalue weighted by Gasteiger charge is 2.52. The minimum atomic E-state index is -0.942. The molecule has 7 rings (SSSR count). The maximum absolute atomic E-state index is 12.5. The van der Waals surface area contributed by atoms with Gasteiger partial charge in [0.15, 0.2) is 5.70 Å². The summed E-state index contributed by atoms with van der Waals surface area (Å²) >= 11 is 0. The molecule has 1 aromatic carbocycles. The van der Waals surface area contributed by atoms with Gasteiger partial charge in [-0.2, -0.15) is 0 Å². The molecule has 5 saturated carbocycles. The van der Waals surface area contributed by atoms with Crippen LogP contribution in [0.1, 0.15) is 76.2 Å². The number of carboxylic acid groups (broad SMARTS) is 1. The molecule has 1 unspecified atom stereocenters. The van der Waals surface area contributed by atoms with E-state index in [2.05, 4.69) is 5.32 Å². The van der Waals surface area contributed by atoms with Crippen molar-refractivity contribution < 1.29 is 19.5 Å². The fraction of sp³-hybridized carbons (Fsp3) is 0.679. The van der Waals surface area contributed by atoms with Crippen LogP contribution in [0.4, 0.5) is 0 Å². The molecule has 2 N–H and O–H groups in total. The molecule has 0 aromatic heterocycles. The van der Waals surface area contributed by atoms with Gasteiger partial charge in [0, 0.05) is 0 Å². The number of carbonyl (C=O) groups is 1. The summed E-state index contributed by atoms with van der Waals surface area (Å²) in [7, 11) is 0. The molecule has 5 aliphatic carbocycles. The summed E-state index contributed by atoms with van der Waals surface area (Å²) in [4.78, 5) is 18.7. The quantitative estimate of drug-likeness (QED) is 0.548. The van der Waals surface area contributed by atoms with Gasteiger partial charge in [0.1, 0.15) is 12.8 Å².